The smallest absolute Gasteiger partial charge is 0.263 e. The average Bonchev–Trinajstić information content (AvgIpc) is 2.66. The molecular weight excluding hydrogens is 340 g/mol. The van der Waals surface area contributed by atoms with Crippen molar-refractivity contribution < 1.29 is 9.53 Å². The van der Waals surface area contributed by atoms with Gasteiger partial charge in [-0.05, 0) is 60.9 Å². The second kappa shape index (κ2) is 7.91. The van der Waals surface area contributed by atoms with Crippen LogP contribution < -0.4 is 15.6 Å². The number of benzene rings is 2. The molecule has 0 aliphatic rings. The first-order chi connectivity index (χ1) is 13.0. The lowest BCUT2D eigenvalue weighted by Gasteiger charge is -2.11. The Hall–Kier alpha value is -3.34. The third-order valence-electron chi connectivity index (χ3n) is 4.39. The van der Waals surface area contributed by atoms with Crippen molar-refractivity contribution in [1.29, 1.82) is 0 Å². The third kappa shape index (κ3) is 4.26. The first kappa shape index (κ1) is 18.5. The molecule has 0 saturated heterocycles. The molecule has 3 rings (SSSR count). The third-order valence-corrected chi connectivity index (χ3v) is 4.39. The van der Waals surface area contributed by atoms with Crippen molar-refractivity contribution in [3.05, 3.63) is 93.4 Å². The van der Waals surface area contributed by atoms with Crippen molar-refractivity contribution in [2.24, 2.45) is 0 Å². The minimum Gasteiger partial charge on any atom is -0.497 e. The van der Waals surface area contributed by atoms with Gasteiger partial charge in [0.05, 0.1) is 13.7 Å². The van der Waals surface area contributed by atoms with E-state index in [-0.39, 0.29) is 11.1 Å². The van der Waals surface area contributed by atoms with Gasteiger partial charge in [-0.15, -0.1) is 0 Å². The van der Waals surface area contributed by atoms with Crippen LogP contribution in [0.3, 0.4) is 0 Å². The fourth-order valence-electron chi connectivity index (χ4n) is 2.86. The van der Waals surface area contributed by atoms with Crippen LogP contribution in [0.5, 0.6) is 5.75 Å². The summed E-state index contributed by atoms with van der Waals surface area (Å²) in [6.07, 6.45) is 1.68. The van der Waals surface area contributed by atoms with E-state index in [4.69, 9.17) is 4.74 Å². The molecule has 1 heterocycles. The van der Waals surface area contributed by atoms with Gasteiger partial charge in [0, 0.05) is 11.9 Å². The molecule has 5 heteroatoms. The predicted octanol–water partition coefficient (Wildman–Crippen LogP) is 3.77. The molecule has 0 saturated carbocycles. The highest BCUT2D eigenvalue weighted by atomic mass is 16.5. The van der Waals surface area contributed by atoms with Gasteiger partial charge in [0.2, 0.25) is 0 Å². The van der Waals surface area contributed by atoms with E-state index in [0.29, 0.717) is 12.2 Å². The fraction of sp³-hybridized carbons (Fsp3) is 0.182. The van der Waals surface area contributed by atoms with Gasteiger partial charge in [0.25, 0.3) is 11.5 Å². The van der Waals surface area contributed by atoms with E-state index in [1.165, 1.54) is 4.57 Å². The standard InChI is InChI=1S/C22H22N2O3/c1-15-9-10-16(2)20(12-15)23-21(25)19-8-5-11-24(22(19)26)14-17-6-4-7-18(13-17)27-3/h4-13H,14H2,1-3H3,(H,23,25). The Kier molecular flexibility index (Phi) is 5.41. The van der Waals surface area contributed by atoms with E-state index in [9.17, 15) is 9.59 Å². The molecule has 2 aromatic carbocycles. The van der Waals surface area contributed by atoms with Gasteiger partial charge in [-0.2, -0.15) is 0 Å². The maximum absolute atomic E-state index is 12.8. The van der Waals surface area contributed by atoms with Crippen molar-refractivity contribution in [3.63, 3.8) is 0 Å². The lowest BCUT2D eigenvalue weighted by atomic mass is 10.1. The molecule has 3 aromatic rings. The van der Waals surface area contributed by atoms with Crippen LogP contribution in [0.25, 0.3) is 0 Å². The summed E-state index contributed by atoms with van der Waals surface area (Å²) in [5.41, 5.74) is 3.40. The van der Waals surface area contributed by atoms with E-state index in [1.807, 2.05) is 56.3 Å². The van der Waals surface area contributed by atoms with Crippen LogP contribution >= 0.6 is 0 Å². The molecule has 0 radical (unpaired) electrons. The second-order valence-corrected chi connectivity index (χ2v) is 6.48. The minimum atomic E-state index is -0.409. The van der Waals surface area contributed by atoms with E-state index in [1.54, 1.807) is 25.4 Å². The van der Waals surface area contributed by atoms with E-state index < -0.39 is 5.91 Å². The zero-order chi connectivity index (χ0) is 19.4. The lowest BCUT2D eigenvalue weighted by molar-refractivity contribution is 0.102. The number of amides is 1. The molecule has 27 heavy (non-hydrogen) atoms. The number of carbonyl (C=O) groups excluding carboxylic acids is 1. The van der Waals surface area contributed by atoms with Gasteiger partial charge in [0.1, 0.15) is 11.3 Å². The second-order valence-electron chi connectivity index (χ2n) is 6.48. The number of hydrogen-bond acceptors (Lipinski definition) is 3. The molecule has 1 amide bonds. The van der Waals surface area contributed by atoms with Crippen LogP contribution in [0.15, 0.2) is 65.6 Å². The molecule has 0 spiro atoms. The fourth-order valence-corrected chi connectivity index (χ4v) is 2.86. The number of aromatic nitrogens is 1. The zero-order valence-electron chi connectivity index (χ0n) is 15.7. The summed E-state index contributed by atoms with van der Waals surface area (Å²) in [7, 11) is 1.60. The highest BCUT2D eigenvalue weighted by Crippen LogP contribution is 2.17. The van der Waals surface area contributed by atoms with Crippen molar-refractivity contribution >= 4 is 11.6 Å². The number of aryl methyl sites for hydroxylation is 2. The van der Waals surface area contributed by atoms with Crippen LogP contribution in [0.4, 0.5) is 5.69 Å². The van der Waals surface area contributed by atoms with Crippen LogP contribution in [0.1, 0.15) is 27.0 Å². The normalized spacial score (nSPS) is 10.5. The summed E-state index contributed by atoms with van der Waals surface area (Å²) in [4.78, 5) is 25.4. The maximum Gasteiger partial charge on any atom is 0.263 e. The number of nitrogens with zero attached hydrogens (tertiary/aromatic N) is 1. The molecule has 138 valence electrons. The number of pyridine rings is 1. The average molecular weight is 362 g/mol. The number of methoxy groups -OCH3 is 1. The van der Waals surface area contributed by atoms with Crippen LogP contribution in [0, 0.1) is 13.8 Å². The number of carbonyl (C=O) groups is 1. The molecule has 5 nitrogen and oxygen atoms in total. The van der Waals surface area contributed by atoms with Gasteiger partial charge in [-0.25, -0.2) is 0 Å². The molecular formula is C22H22N2O3. The summed E-state index contributed by atoms with van der Waals surface area (Å²) in [6, 6.07) is 16.6. The van der Waals surface area contributed by atoms with Crippen molar-refractivity contribution in [1.82, 2.24) is 4.57 Å². The van der Waals surface area contributed by atoms with Gasteiger partial charge in [-0.1, -0.05) is 24.3 Å². The minimum absolute atomic E-state index is 0.112. The summed E-state index contributed by atoms with van der Waals surface area (Å²) >= 11 is 0. The summed E-state index contributed by atoms with van der Waals surface area (Å²) in [6.45, 7) is 4.24. The van der Waals surface area contributed by atoms with Gasteiger partial charge in [-0.3, -0.25) is 9.59 Å². The first-order valence-electron chi connectivity index (χ1n) is 8.69. The number of ether oxygens (including phenoxy) is 1. The zero-order valence-corrected chi connectivity index (χ0v) is 15.7. The highest BCUT2D eigenvalue weighted by Gasteiger charge is 2.14. The van der Waals surface area contributed by atoms with Gasteiger partial charge >= 0.3 is 0 Å². The quantitative estimate of drug-likeness (QED) is 0.751. The van der Waals surface area contributed by atoms with Crippen LogP contribution in [-0.2, 0) is 6.54 Å². The Labute approximate surface area is 158 Å². The van der Waals surface area contributed by atoms with E-state index >= 15 is 0 Å². The lowest BCUT2D eigenvalue weighted by Crippen LogP contribution is -2.29. The molecule has 0 bridgehead atoms. The predicted molar refractivity (Wildman–Crippen MR) is 107 cm³/mol. The molecule has 0 aliphatic carbocycles. The monoisotopic (exact) mass is 362 g/mol. The summed E-state index contributed by atoms with van der Waals surface area (Å²) in [5.74, 6) is 0.318. The largest absolute Gasteiger partial charge is 0.497 e. The summed E-state index contributed by atoms with van der Waals surface area (Å²) in [5, 5.41) is 2.85. The van der Waals surface area contributed by atoms with Crippen LogP contribution in [-0.4, -0.2) is 17.6 Å². The van der Waals surface area contributed by atoms with Crippen molar-refractivity contribution in [2.45, 2.75) is 20.4 Å². The molecule has 0 fully saturated rings. The molecule has 0 atom stereocenters. The van der Waals surface area contributed by atoms with E-state index in [2.05, 4.69) is 5.32 Å². The molecule has 1 N–H and O–H groups in total. The Morgan fingerprint density at radius 3 is 2.67 bits per heavy atom. The SMILES string of the molecule is COc1cccc(Cn2cccc(C(=O)Nc3cc(C)ccc3C)c2=O)c1. The van der Waals surface area contributed by atoms with E-state index in [0.717, 1.165) is 22.4 Å². The number of hydrogen-bond donors (Lipinski definition) is 1. The van der Waals surface area contributed by atoms with Crippen molar-refractivity contribution in [2.75, 3.05) is 12.4 Å². The highest BCUT2D eigenvalue weighted by molar-refractivity contribution is 6.04. The summed E-state index contributed by atoms with van der Waals surface area (Å²) < 4.78 is 6.74. The first-order valence-corrected chi connectivity index (χ1v) is 8.69. The Morgan fingerprint density at radius 1 is 1.07 bits per heavy atom. The Balaban J connectivity index is 1.86. The number of rotatable bonds is 5. The number of nitrogens with one attached hydrogen (secondary N) is 1. The molecule has 0 unspecified atom stereocenters. The number of anilines is 1. The van der Waals surface area contributed by atoms with Gasteiger partial charge in [0.15, 0.2) is 0 Å². The van der Waals surface area contributed by atoms with Gasteiger partial charge < -0.3 is 14.6 Å². The van der Waals surface area contributed by atoms with Crippen LogP contribution in [0.2, 0.25) is 0 Å². The van der Waals surface area contributed by atoms with Crippen molar-refractivity contribution in [3.8, 4) is 5.75 Å². The Bertz CT molecular complexity index is 1040. The maximum atomic E-state index is 12.8. The molecule has 1 aromatic heterocycles. The molecule has 0 aliphatic heterocycles. The Morgan fingerprint density at radius 2 is 1.89 bits per heavy atom. The topological polar surface area (TPSA) is 60.3 Å².